The molecule has 130 valence electrons. The van der Waals surface area contributed by atoms with Crippen LogP contribution >= 0.6 is 0 Å². The number of ether oxygens (including phenoxy) is 1. The molecular weight excluding hydrogens is 293 g/mol. The standard InChI is InChI=1S/C17H30BNO4/c1-15(2,3)19-14(20)21-13-10-8-9-12(11-13)18-22-16(4,5)17(6,7)23-18/h9,13H,8,10-11H2,1-7H3,(H,19,20)/t13-/m0/s1. The molecule has 0 radical (unpaired) electrons. The molecule has 2 rings (SSSR count). The summed E-state index contributed by atoms with van der Waals surface area (Å²) in [7, 11) is -0.350. The van der Waals surface area contributed by atoms with E-state index in [1.54, 1.807) is 0 Å². The molecule has 1 atom stereocenters. The molecule has 23 heavy (non-hydrogen) atoms. The fourth-order valence-electron chi connectivity index (χ4n) is 2.68. The van der Waals surface area contributed by atoms with Crippen molar-refractivity contribution >= 4 is 13.2 Å². The maximum absolute atomic E-state index is 11.9. The highest BCUT2D eigenvalue weighted by Gasteiger charge is 2.52. The number of alkyl carbamates (subject to hydrolysis) is 1. The van der Waals surface area contributed by atoms with Crippen molar-refractivity contribution in [1.82, 2.24) is 5.32 Å². The van der Waals surface area contributed by atoms with Gasteiger partial charge in [-0.25, -0.2) is 4.79 Å². The van der Waals surface area contributed by atoms with Crippen LogP contribution in [0.2, 0.25) is 0 Å². The second-order valence-corrected chi connectivity index (χ2v) is 8.55. The third kappa shape index (κ3) is 4.51. The fraction of sp³-hybridized carbons (Fsp3) is 0.824. The van der Waals surface area contributed by atoms with Crippen LogP contribution in [-0.4, -0.2) is 36.1 Å². The Morgan fingerprint density at radius 1 is 1.26 bits per heavy atom. The first-order chi connectivity index (χ1) is 10.4. The number of amides is 1. The normalized spacial score (nSPS) is 26.7. The topological polar surface area (TPSA) is 56.8 Å². The van der Waals surface area contributed by atoms with Gasteiger partial charge >= 0.3 is 13.2 Å². The summed E-state index contributed by atoms with van der Waals surface area (Å²) in [5, 5.41) is 2.83. The number of nitrogens with one attached hydrogen (secondary N) is 1. The lowest BCUT2D eigenvalue weighted by Crippen LogP contribution is -2.42. The summed E-state index contributed by atoms with van der Waals surface area (Å²) in [6, 6.07) is 0. The molecule has 0 spiro atoms. The average molecular weight is 323 g/mol. The molecule has 1 fully saturated rings. The van der Waals surface area contributed by atoms with Gasteiger partial charge in [-0.1, -0.05) is 6.08 Å². The minimum Gasteiger partial charge on any atom is -0.446 e. The lowest BCUT2D eigenvalue weighted by molar-refractivity contribution is 0.00578. The Morgan fingerprint density at radius 2 is 1.83 bits per heavy atom. The van der Waals surface area contributed by atoms with Gasteiger partial charge in [-0.3, -0.25) is 0 Å². The molecule has 0 aromatic heterocycles. The Labute approximate surface area is 140 Å². The molecule has 5 nitrogen and oxygen atoms in total. The molecule has 0 bridgehead atoms. The second kappa shape index (κ2) is 6.13. The molecule has 1 aliphatic heterocycles. The lowest BCUT2D eigenvalue weighted by Gasteiger charge is -2.32. The average Bonchev–Trinajstić information content (AvgIpc) is 2.56. The molecule has 1 heterocycles. The number of hydrogen-bond acceptors (Lipinski definition) is 4. The summed E-state index contributed by atoms with van der Waals surface area (Å²) in [6.07, 6.45) is 4.03. The van der Waals surface area contributed by atoms with Gasteiger partial charge in [0.1, 0.15) is 6.10 Å². The number of carbonyl (C=O) groups excluding carboxylic acids is 1. The summed E-state index contributed by atoms with van der Waals surface area (Å²) < 4.78 is 17.7. The quantitative estimate of drug-likeness (QED) is 0.789. The van der Waals surface area contributed by atoms with E-state index in [2.05, 4.69) is 11.4 Å². The van der Waals surface area contributed by atoms with E-state index in [-0.39, 0.29) is 36.1 Å². The SMILES string of the molecule is CC(C)(C)NC(=O)O[C@H]1CCC=C(B2OC(C)(C)C(C)(C)O2)C1. The van der Waals surface area contributed by atoms with E-state index in [4.69, 9.17) is 14.0 Å². The molecule has 1 aliphatic carbocycles. The van der Waals surface area contributed by atoms with Gasteiger partial charge in [0.15, 0.2) is 0 Å². The Kier molecular flexibility index (Phi) is 4.89. The minimum absolute atomic E-state index is 0.128. The van der Waals surface area contributed by atoms with Crippen molar-refractivity contribution in [3.8, 4) is 0 Å². The van der Waals surface area contributed by atoms with E-state index in [9.17, 15) is 4.79 Å². The predicted molar refractivity (Wildman–Crippen MR) is 91.2 cm³/mol. The van der Waals surface area contributed by atoms with Gasteiger partial charge < -0.3 is 19.4 Å². The van der Waals surface area contributed by atoms with Crippen LogP contribution in [0.15, 0.2) is 11.5 Å². The Hall–Kier alpha value is -1.01. The third-order valence-electron chi connectivity index (χ3n) is 4.67. The number of rotatable bonds is 2. The van der Waals surface area contributed by atoms with Crippen LogP contribution in [0.25, 0.3) is 0 Å². The monoisotopic (exact) mass is 323 g/mol. The van der Waals surface area contributed by atoms with E-state index >= 15 is 0 Å². The minimum atomic E-state index is -0.363. The van der Waals surface area contributed by atoms with Crippen molar-refractivity contribution in [2.45, 2.75) is 90.6 Å². The Balaban J connectivity index is 1.94. The van der Waals surface area contributed by atoms with Crippen molar-refractivity contribution in [1.29, 1.82) is 0 Å². The first-order valence-electron chi connectivity index (χ1n) is 8.43. The third-order valence-corrected chi connectivity index (χ3v) is 4.67. The maximum Gasteiger partial charge on any atom is 0.490 e. The van der Waals surface area contributed by atoms with Gasteiger partial charge in [0.2, 0.25) is 0 Å². The zero-order valence-electron chi connectivity index (χ0n) is 15.5. The maximum atomic E-state index is 11.9. The van der Waals surface area contributed by atoms with Gasteiger partial charge in [-0.15, -0.1) is 0 Å². The van der Waals surface area contributed by atoms with Gasteiger partial charge in [0.25, 0.3) is 0 Å². The molecule has 0 aromatic carbocycles. The van der Waals surface area contributed by atoms with Crippen LogP contribution < -0.4 is 5.32 Å². The number of allylic oxidation sites excluding steroid dienone is 1. The molecule has 1 saturated heterocycles. The predicted octanol–water partition coefficient (Wildman–Crippen LogP) is 3.62. The summed E-state index contributed by atoms with van der Waals surface area (Å²) in [4.78, 5) is 11.9. The summed E-state index contributed by atoms with van der Waals surface area (Å²) in [5.41, 5.74) is 0.0746. The first-order valence-corrected chi connectivity index (χ1v) is 8.43. The molecule has 1 N–H and O–H groups in total. The summed E-state index contributed by atoms with van der Waals surface area (Å²) >= 11 is 0. The second-order valence-electron chi connectivity index (χ2n) is 8.55. The van der Waals surface area contributed by atoms with Crippen molar-refractivity contribution in [3.63, 3.8) is 0 Å². The highest BCUT2D eigenvalue weighted by Crippen LogP contribution is 2.40. The zero-order valence-corrected chi connectivity index (χ0v) is 15.5. The molecule has 6 heteroatoms. The van der Waals surface area contributed by atoms with Gasteiger partial charge in [-0.05, 0) is 66.8 Å². The van der Waals surface area contributed by atoms with Crippen LogP contribution in [0.3, 0.4) is 0 Å². The van der Waals surface area contributed by atoms with Crippen molar-refractivity contribution in [2.24, 2.45) is 0 Å². The van der Waals surface area contributed by atoms with E-state index in [1.807, 2.05) is 48.5 Å². The highest BCUT2D eigenvalue weighted by atomic mass is 16.7. The molecular formula is C17H30BNO4. The van der Waals surface area contributed by atoms with Gasteiger partial charge in [-0.2, -0.15) is 0 Å². The van der Waals surface area contributed by atoms with Crippen LogP contribution in [0.1, 0.15) is 67.7 Å². The molecule has 1 amide bonds. The first kappa shape index (κ1) is 18.3. The van der Waals surface area contributed by atoms with Gasteiger partial charge in [0, 0.05) is 12.0 Å². The van der Waals surface area contributed by atoms with E-state index in [0.29, 0.717) is 6.42 Å². The molecule has 0 unspecified atom stereocenters. The fourth-order valence-corrected chi connectivity index (χ4v) is 2.68. The van der Waals surface area contributed by atoms with Gasteiger partial charge in [0.05, 0.1) is 11.2 Å². The highest BCUT2D eigenvalue weighted by molar-refractivity contribution is 6.54. The smallest absolute Gasteiger partial charge is 0.446 e. The Morgan fingerprint density at radius 3 is 2.35 bits per heavy atom. The van der Waals surface area contributed by atoms with Crippen LogP contribution in [-0.2, 0) is 14.0 Å². The van der Waals surface area contributed by atoms with E-state index in [0.717, 1.165) is 18.3 Å². The molecule has 0 aromatic rings. The lowest BCUT2D eigenvalue weighted by atomic mass is 9.72. The van der Waals surface area contributed by atoms with Crippen LogP contribution in [0.4, 0.5) is 4.79 Å². The number of carbonyl (C=O) groups is 1. The Bertz CT molecular complexity index is 477. The largest absolute Gasteiger partial charge is 0.490 e. The van der Waals surface area contributed by atoms with Crippen molar-refractivity contribution in [2.75, 3.05) is 0 Å². The van der Waals surface area contributed by atoms with E-state index in [1.165, 1.54) is 0 Å². The van der Waals surface area contributed by atoms with Crippen molar-refractivity contribution in [3.05, 3.63) is 11.5 Å². The molecule has 2 aliphatic rings. The summed E-state index contributed by atoms with van der Waals surface area (Å²) in [5.74, 6) is 0. The van der Waals surface area contributed by atoms with Crippen molar-refractivity contribution < 1.29 is 18.8 Å². The van der Waals surface area contributed by atoms with E-state index < -0.39 is 0 Å². The van der Waals surface area contributed by atoms with Crippen LogP contribution in [0.5, 0.6) is 0 Å². The number of hydrogen-bond donors (Lipinski definition) is 1. The zero-order chi connectivity index (χ0) is 17.5. The van der Waals surface area contributed by atoms with Crippen LogP contribution in [0, 0.1) is 0 Å². The molecule has 0 saturated carbocycles. The summed E-state index contributed by atoms with van der Waals surface area (Å²) in [6.45, 7) is 14.0.